The van der Waals surface area contributed by atoms with Crippen LogP contribution in [-0.2, 0) is 26.3 Å². The lowest BCUT2D eigenvalue weighted by Crippen LogP contribution is -2.26. The van der Waals surface area contributed by atoms with Gasteiger partial charge in [-0.1, -0.05) is 13.3 Å². The van der Waals surface area contributed by atoms with Crippen LogP contribution in [0.2, 0.25) is 0 Å². The van der Waals surface area contributed by atoms with Crippen molar-refractivity contribution in [2.45, 2.75) is 51.7 Å². The maximum absolute atomic E-state index is 12.7. The molecule has 0 aliphatic carbocycles. The number of aryl methyl sites for hydroxylation is 1. The first kappa shape index (κ1) is 24.1. The second kappa shape index (κ2) is 10.4. The minimum atomic E-state index is -0.893. The third-order valence-corrected chi connectivity index (χ3v) is 5.24. The fourth-order valence-electron chi connectivity index (χ4n) is 3.58. The maximum Gasteiger partial charge on any atom is 0.513 e. The molecule has 10 heteroatoms. The van der Waals surface area contributed by atoms with Crippen LogP contribution >= 0.6 is 0 Å². The smallest absolute Gasteiger partial charge is 0.497 e. The van der Waals surface area contributed by atoms with Crippen LogP contribution in [0.15, 0.2) is 24.4 Å². The summed E-state index contributed by atoms with van der Waals surface area (Å²) in [6, 6.07) is 4.71. The van der Waals surface area contributed by atoms with E-state index in [9.17, 15) is 9.59 Å². The fraction of sp³-hybridized carbons (Fsp3) is 0.478. The van der Waals surface area contributed by atoms with E-state index in [1.165, 1.54) is 6.20 Å². The molecule has 2 aromatic rings. The van der Waals surface area contributed by atoms with Crippen molar-refractivity contribution in [3.63, 3.8) is 0 Å². The molecule has 1 fully saturated rings. The number of hydrogen-bond donors (Lipinski definition) is 1. The number of cyclic esters (lactones) is 1. The number of benzene rings is 1. The number of rotatable bonds is 9. The summed E-state index contributed by atoms with van der Waals surface area (Å²) in [5.74, 6) is 1.24. The van der Waals surface area contributed by atoms with Gasteiger partial charge in [-0.2, -0.15) is 0 Å². The van der Waals surface area contributed by atoms with Gasteiger partial charge in [0.2, 0.25) is 5.95 Å². The second-order valence-corrected chi connectivity index (χ2v) is 7.69. The van der Waals surface area contributed by atoms with Crippen LogP contribution in [0.25, 0.3) is 0 Å². The molecule has 3 rings (SSSR count). The number of anilines is 1. The van der Waals surface area contributed by atoms with Gasteiger partial charge in [-0.25, -0.2) is 19.6 Å². The van der Waals surface area contributed by atoms with Crippen LogP contribution in [0.5, 0.6) is 17.2 Å². The summed E-state index contributed by atoms with van der Waals surface area (Å²) in [6.07, 6.45) is 2.25. The van der Waals surface area contributed by atoms with E-state index in [0.717, 1.165) is 12.0 Å². The Balaban J connectivity index is 1.79. The molecular weight excluding hydrogens is 430 g/mol. The van der Waals surface area contributed by atoms with Crippen LogP contribution in [0.1, 0.15) is 44.9 Å². The van der Waals surface area contributed by atoms with Gasteiger partial charge in [0.05, 0.1) is 32.7 Å². The molecule has 33 heavy (non-hydrogen) atoms. The van der Waals surface area contributed by atoms with Crippen molar-refractivity contribution in [1.82, 2.24) is 9.97 Å². The van der Waals surface area contributed by atoms with Gasteiger partial charge in [-0.05, 0) is 32.4 Å². The average molecular weight is 459 g/mol. The Kier molecular flexibility index (Phi) is 7.57. The lowest BCUT2D eigenvalue weighted by atomic mass is 9.91. The van der Waals surface area contributed by atoms with Gasteiger partial charge in [-0.3, -0.25) is 0 Å². The maximum atomic E-state index is 12.7. The van der Waals surface area contributed by atoms with Crippen LogP contribution < -0.4 is 19.5 Å². The van der Waals surface area contributed by atoms with Crippen molar-refractivity contribution < 1.29 is 33.3 Å². The zero-order chi connectivity index (χ0) is 24.0. The SMILES string of the molecule is CCCc1nc(NC2CC(C)(c3cc(OC)cc(OC)c3)OC2=O)ncc1OC(=O)OCC. The molecule has 10 nitrogen and oxygen atoms in total. The largest absolute Gasteiger partial charge is 0.513 e. The van der Waals surface area contributed by atoms with Crippen molar-refractivity contribution in [1.29, 1.82) is 0 Å². The van der Waals surface area contributed by atoms with Gasteiger partial charge in [0.25, 0.3) is 0 Å². The summed E-state index contributed by atoms with van der Waals surface area (Å²) in [5.41, 5.74) is 0.396. The van der Waals surface area contributed by atoms with Gasteiger partial charge in [0, 0.05) is 18.1 Å². The van der Waals surface area contributed by atoms with Gasteiger partial charge < -0.3 is 29.0 Å². The van der Waals surface area contributed by atoms with Crippen molar-refractivity contribution in [2.24, 2.45) is 0 Å². The molecule has 0 saturated carbocycles. The van der Waals surface area contributed by atoms with Crippen molar-refractivity contribution in [2.75, 3.05) is 26.1 Å². The van der Waals surface area contributed by atoms with Crippen LogP contribution in [0.3, 0.4) is 0 Å². The van der Waals surface area contributed by atoms with Gasteiger partial charge in [-0.15, -0.1) is 0 Å². The second-order valence-electron chi connectivity index (χ2n) is 7.69. The monoisotopic (exact) mass is 459 g/mol. The first-order chi connectivity index (χ1) is 15.8. The number of esters is 1. The van der Waals surface area contributed by atoms with Gasteiger partial charge in [0.1, 0.15) is 23.1 Å². The molecule has 2 atom stereocenters. The Morgan fingerprint density at radius 1 is 1.21 bits per heavy atom. The Hall–Kier alpha value is -3.56. The van der Waals surface area contributed by atoms with E-state index >= 15 is 0 Å². The molecule has 1 aromatic heterocycles. The number of methoxy groups -OCH3 is 2. The summed E-state index contributed by atoms with van der Waals surface area (Å²) >= 11 is 0. The molecule has 1 aliphatic rings. The number of carbonyl (C=O) groups is 2. The zero-order valence-electron chi connectivity index (χ0n) is 19.5. The number of aromatic nitrogens is 2. The molecule has 1 N–H and O–H groups in total. The third kappa shape index (κ3) is 5.63. The lowest BCUT2D eigenvalue weighted by molar-refractivity contribution is -0.148. The molecular formula is C23H29N3O7. The molecule has 0 bridgehead atoms. The van der Waals surface area contributed by atoms with E-state index in [-0.39, 0.29) is 18.3 Å². The summed E-state index contributed by atoms with van der Waals surface area (Å²) < 4.78 is 26.4. The van der Waals surface area contributed by atoms with E-state index in [1.54, 1.807) is 27.2 Å². The summed E-state index contributed by atoms with van der Waals surface area (Å²) in [4.78, 5) is 33.0. The number of nitrogens with zero attached hydrogens (tertiary/aromatic N) is 2. The molecule has 1 aromatic carbocycles. The molecule has 178 valence electrons. The highest BCUT2D eigenvalue weighted by atomic mass is 16.7. The predicted molar refractivity (Wildman–Crippen MR) is 119 cm³/mol. The summed E-state index contributed by atoms with van der Waals surface area (Å²) in [5, 5.41) is 3.05. The van der Waals surface area contributed by atoms with Crippen LogP contribution in [-0.4, -0.2) is 49.0 Å². The van der Waals surface area contributed by atoms with E-state index in [4.69, 9.17) is 23.7 Å². The third-order valence-electron chi connectivity index (χ3n) is 5.24. The van der Waals surface area contributed by atoms with Crippen LogP contribution in [0.4, 0.5) is 10.7 Å². The van der Waals surface area contributed by atoms with Crippen molar-refractivity contribution >= 4 is 18.1 Å². The number of nitrogens with one attached hydrogen (secondary N) is 1. The molecule has 0 radical (unpaired) electrons. The average Bonchev–Trinajstić information content (AvgIpc) is 3.09. The standard InChI is InChI=1S/C23H29N3O7/c1-6-8-17-19(32-22(28)31-7-2)13-24-21(25-17)26-18-12-23(3,33-20(18)27)14-9-15(29-4)11-16(10-14)30-5/h9-11,13,18H,6-8,12H2,1-5H3,(H,24,25,26). The quantitative estimate of drug-likeness (QED) is 0.557. The summed E-state index contributed by atoms with van der Waals surface area (Å²) in [7, 11) is 3.12. The Morgan fingerprint density at radius 2 is 1.91 bits per heavy atom. The van der Waals surface area contributed by atoms with E-state index in [2.05, 4.69) is 15.3 Å². The zero-order valence-corrected chi connectivity index (χ0v) is 19.5. The summed E-state index contributed by atoms with van der Waals surface area (Å²) in [6.45, 7) is 5.70. The Morgan fingerprint density at radius 3 is 2.52 bits per heavy atom. The van der Waals surface area contributed by atoms with Gasteiger partial charge in [0.15, 0.2) is 5.75 Å². The number of hydrogen-bond acceptors (Lipinski definition) is 10. The van der Waals surface area contributed by atoms with E-state index < -0.39 is 23.8 Å². The number of carbonyl (C=O) groups excluding carboxylic acids is 2. The fourth-order valence-corrected chi connectivity index (χ4v) is 3.58. The van der Waals surface area contributed by atoms with E-state index in [0.29, 0.717) is 30.0 Å². The minimum absolute atomic E-state index is 0.199. The first-order valence-corrected chi connectivity index (χ1v) is 10.7. The Bertz CT molecular complexity index is 991. The van der Waals surface area contributed by atoms with Gasteiger partial charge >= 0.3 is 12.1 Å². The molecule has 2 unspecified atom stereocenters. The van der Waals surface area contributed by atoms with Crippen LogP contribution in [0, 0.1) is 0 Å². The van der Waals surface area contributed by atoms with Crippen molar-refractivity contribution in [3.8, 4) is 17.2 Å². The first-order valence-electron chi connectivity index (χ1n) is 10.7. The predicted octanol–water partition coefficient (Wildman–Crippen LogP) is 3.62. The normalized spacial score (nSPS) is 19.5. The van der Waals surface area contributed by atoms with E-state index in [1.807, 2.05) is 26.0 Å². The van der Waals surface area contributed by atoms with Crippen molar-refractivity contribution in [3.05, 3.63) is 35.7 Å². The molecule has 0 spiro atoms. The number of ether oxygens (including phenoxy) is 5. The minimum Gasteiger partial charge on any atom is -0.497 e. The molecule has 1 saturated heterocycles. The highest BCUT2D eigenvalue weighted by Gasteiger charge is 2.45. The molecule has 2 heterocycles. The lowest BCUT2D eigenvalue weighted by Gasteiger charge is -2.24. The highest BCUT2D eigenvalue weighted by Crippen LogP contribution is 2.40. The topological polar surface area (TPSA) is 118 Å². The molecule has 0 amide bonds. The Labute approximate surface area is 192 Å². The highest BCUT2D eigenvalue weighted by molar-refractivity contribution is 5.81. The molecule has 1 aliphatic heterocycles.